The van der Waals surface area contributed by atoms with Crippen LogP contribution in [-0.2, 0) is 20.0 Å². The zero-order valence-electron chi connectivity index (χ0n) is 47.9. The molecule has 0 aliphatic heterocycles. The smallest absolute Gasteiger partial charge is 0.258 e. The number of nitrogens with zero attached hydrogens (tertiary/aromatic N) is 10. The lowest BCUT2D eigenvalue weighted by atomic mass is 10.0. The zero-order chi connectivity index (χ0) is 62.4. The summed E-state index contributed by atoms with van der Waals surface area (Å²) in [5.41, 5.74) is 4.81. The molecule has 10 heterocycles. The van der Waals surface area contributed by atoms with Gasteiger partial charge in [0, 0.05) is 97.5 Å². The van der Waals surface area contributed by atoms with E-state index in [9.17, 15) is 36.0 Å². The Balaban J connectivity index is 0.877. The summed E-state index contributed by atoms with van der Waals surface area (Å²) in [5, 5.41) is 6.19. The zero-order valence-corrected chi connectivity index (χ0v) is 49.5. The Morgan fingerprint density at radius 3 is 1.53 bits per heavy atom. The number of pyridine rings is 4. The van der Waals surface area contributed by atoms with Gasteiger partial charge in [0.25, 0.3) is 22.9 Å². The molecule has 444 valence electrons. The highest BCUT2D eigenvalue weighted by Crippen LogP contribution is 2.43. The Kier molecular flexibility index (Phi) is 12.5. The maximum atomic E-state index is 16.7. The van der Waals surface area contributed by atoms with Crippen LogP contribution in [0.15, 0.2) is 159 Å². The normalized spacial score (nSPS) is 12.2. The lowest BCUT2D eigenvalue weighted by Gasteiger charge is -2.20. The number of aryl methyl sites for hydroxylation is 1. The van der Waals surface area contributed by atoms with Gasteiger partial charge >= 0.3 is 0 Å². The predicted octanol–water partition coefficient (Wildman–Crippen LogP) is 9.28. The fourth-order valence-electron chi connectivity index (χ4n) is 11.4. The third-order valence-electron chi connectivity index (χ3n) is 16.1. The van der Waals surface area contributed by atoms with Crippen LogP contribution in [0.4, 0.5) is 20.2 Å². The highest BCUT2D eigenvalue weighted by atomic mass is 32.2. The Morgan fingerprint density at radius 2 is 1.03 bits per heavy atom. The first kappa shape index (κ1) is 55.7. The number of hydrogen-bond donors (Lipinski definition) is 2. The molecule has 10 aromatic heterocycles. The van der Waals surface area contributed by atoms with Crippen LogP contribution in [-0.4, -0.2) is 107 Å². The maximum absolute atomic E-state index is 16.7. The molecule has 89 heavy (non-hydrogen) atoms. The van der Waals surface area contributed by atoms with Crippen molar-refractivity contribution in [2.24, 2.45) is 0 Å². The van der Waals surface area contributed by atoms with E-state index in [4.69, 9.17) is 18.8 Å². The number of furan rings is 2. The number of amides is 2. The minimum atomic E-state index is -3.95. The third kappa shape index (κ3) is 8.84. The van der Waals surface area contributed by atoms with Crippen molar-refractivity contribution in [2.45, 2.75) is 6.92 Å². The van der Waals surface area contributed by atoms with E-state index in [1.54, 1.807) is 101 Å². The molecule has 2 amide bonds. The molecule has 0 atom stereocenters. The molecule has 0 fully saturated rings. The minimum Gasteiger partial charge on any atom is -0.439 e. The van der Waals surface area contributed by atoms with Crippen molar-refractivity contribution in [1.82, 2.24) is 48.5 Å². The van der Waals surface area contributed by atoms with Gasteiger partial charge in [0.05, 0.1) is 68.4 Å². The Hall–Kier alpha value is -11.1. The summed E-state index contributed by atoms with van der Waals surface area (Å²) >= 11 is 0. The number of rotatable bonds is 11. The minimum absolute atomic E-state index is 0.00619. The van der Waals surface area contributed by atoms with Crippen molar-refractivity contribution in [3.63, 3.8) is 0 Å². The molecule has 14 aromatic rings. The lowest BCUT2D eigenvalue weighted by molar-refractivity contribution is 0.0955. The number of anilines is 2. The van der Waals surface area contributed by atoms with Crippen LogP contribution < -0.4 is 30.4 Å². The van der Waals surface area contributed by atoms with Crippen LogP contribution in [0.2, 0.25) is 0 Å². The van der Waals surface area contributed by atoms with Crippen LogP contribution in [0.25, 0.3) is 122 Å². The molecule has 0 unspecified atom stereocenters. The van der Waals surface area contributed by atoms with Crippen molar-refractivity contribution < 1.29 is 44.0 Å². The molecule has 4 aromatic carbocycles. The van der Waals surface area contributed by atoms with E-state index >= 15 is 8.78 Å². The van der Waals surface area contributed by atoms with Crippen molar-refractivity contribution in [2.75, 3.05) is 49.3 Å². The number of sulfonamides is 2. The standard InChI is InChI=1S/C63H46F2N12O10S2/c1-31-15-17-74(54(78)19-31)62-56(60(80)66-2)38-23-37(47(27-52(38)86-62)72(4)88(6,82)83)43-12-14-45-59(71-43)51-26-35-41(65)20-33(21-49(35)77(51)30-69-45)32-16-18-75(55(79)22-32)63-57(61(81)67-3)39-24-36(48(28-53(39)87-63)73(5)89(7,84)85)42-11-13-44-58(70-42)50-25-34-40(64)9-8-10-46(34)76(50)29-68-44/h8-30H,1-7H3,(H,66,80)(H,67,81). The molecular weight excluding hydrogens is 1190 g/mol. The fraction of sp³-hybridized carbons (Fsp3) is 0.111. The van der Waals surface area contributed by atoms with E-state index in [1.165, 1.54) is 87.9 Å². The summed E-state index contributed by atoms with van der Waals surface area (Å²) in [6.07, 6.45) is 7.96. The molecule has 0 aliphatic rings. The van der Waals surface area contributed by atoms with Crippen LogP contribution in [0.3, 0.4) is 0 Å². The predicted molar refractivity (Wildman–Crippen MR) is 335 cm³/mol. The molecule has 22 nitrogen and oxygen atoms in total. The van der Waals surface area contributed by atoms with E-state index < -0.39 is 54.6 Å². The topological polar surface area (TPSA) is 264 Å². The van der Waals surface area contributed by atoms with Crippen molar-refractivity contribution in [1.29, 1.82) is 0 Å². The van der Waals surface area contributed by atoms with Gasteiger partial charge in [-0.15, -0.1) is 0 Å². The van der Waals surface area contributed by atoms with E-state index in [2.05, 4.69) is 20.6 Å². The van der Waals surface area contributed by atoms with Crippen molar-refractivity contribution in [3.8, 4) is 45.4 Å². The SMILES string of the molecule is CNC(=O)c1c(-n2ccc(C)cc2=O)oc2cc(N(C)S(C)(=O)=O)c(-c3ccc4ncn5c6cc(-c7ccn(-c8oc9cc(N(C)S(C)(=O)=O)c(-c%10ccc%11ncn%12c%13cccc(F)c%13cc%12c%11n%10)cc9c8C(=O)NC)c(=O)c7)cc(F)c6cc5c4n3)cc12. The Bertz CT molecular complexity index is 5870. The number of hydrogen-bond acceptors (Lipinski definition) is 14. The number of fused-ring (bicyclic) bond motifs is 12. The molecule has 0 aliphatic carbocycles. The maximum Gasteiger partial charge on any atom is 0.258 e. The largest absolute Gasteiger partial charge is 0.439 e. The fourth-order valence-corrected chi connectivity index (χ4v) is 12.4. The monoisotopic (exact) mass is 1230 g/mol. The van der Waals surface area contributed by atoms with Crippen LogP contribution in [0.5, 0.6) is 0 Å². The first-order valence-corrected chi connectivity index (χ1v) is 30.9. The lowest BCUT2D eigenvalue weighted by Crippen LogP contribution is -2.25. The summed E-state index contributed by atoms with van der Waals surface area (Å²) in [7, 11) is -2.35. The average Bonchev–Trinajstić information content (AvgIpc) is 1.85. The van der Waals surface area contributed by atoms with Crippen LogP contribution >= 0.6 is 0 Å². The van der Waals surface area contributed by atoms with E-state index in [0.717, 1.165) is 25.7 Å². The average molecular weight is 1230 g/mol. The summed E-state index contributed by atoms with van der Waals surface area (Å²) in [6, 6.07) is 29.4. The molecule has 0 saturated carbocycles. The van der Waals surface area contributed by atoms with Gasteiger partial charge in [-0.3, -0.25) is 45.7 Å². The van der Waals surface area contributed by atoms with Gasteiger partial charge in [-0.25, -0.2) is 45.6 Å². The summed E-state index contributed by atoms with van der Waals surface area (Å²) in [4.78, 5) is 74.6. The number of halogens is 2. The van der Waals surface area contributed by atoms with Gasteiger partial charge < -0.3 is 19.5 Å². The van der Waals surface area contributed by atoms with Crippen LogP contribution in [0.1, 0.15) is 26.3 Å². The quantitative estimate of drug-likeness (QED) is 0.122. The van der Waals surface area contributed by atoms with E-state index in [-0.39, 0.29) is 95.2 Å². The second kappa shape index (κ2) is 20.0. The summed E-state index contributed by atoms with van der Waals surface area (Å²) < 4.78 is 105. The number of aromatic nitrogens is 8. The highest BCUT2D eigenvalue weighted by molar-refractivity contribution is 7.92. The second-order valence-electron chi connectivity index (χ2n) is 21.4. The number of benzene rings is 4. The molecule has 0 saturated heterocycles. The number of nitrogens with one attached hydrogen (secondary N) is 2. The number of carbonyl (C=O) groups excluding carboxylic acids is 2. The van der Waals surface area contributed by atoms with Crippen LogP contribution in [0, 0.1) is 18.6 Å². The molecule has 26 heteroatoms. The molecule has 0 spiro atoms. The summed E-state index contributed by atoms with van der Waals surface area (Å²) in [5.74, 6) is -2.63. The second-order valence-corrected chi connectivity index (χ2v) is 25.5. The van der Waals surface area contributed by atoms with Gasteiger partial charge in [0.1, 0.15) is 57.6 Å². The van der Waals surface area contributed by atoms with Gasteiger partial charge in [-0.2, -0.15) is 0 Å². The Labute approximate surface area is 501 Å². The van der Waals surface area contributed by atoms with Gasteiger partial charge in [-0.05, 0) is 109 Å². The van der Waals surface area contributed by atoms with Gasteiger partial charge in [0.2, 0.25) is 31.8 Å². The molecule has 0 bridgehead atoms. The first-order chi connectivity index (χ1) is 42.5. The van der Waals surface area contributed by atoms with E-state index in [0.29, 0.717) is 55.1 Å². The third-order valence-corrected chi connectivity index (χ3v) is 18.5. The van der Waals surface area contributed by atoms with Gasteiger partial charge in [0.15, 0.2) is 0 Å². The Morgan fingerprint density at radius 1 is 0.539 bits per heavy atom. The number of carbonyl (C=O) groups is 2. The van der Waals surface area contributed by atoms with Crippen molar-refractivity contribution >= 4 is 120 Å². The summed E-state index contributed by atoms with van der Waals surface area (Å²) in [6.45, 7) is 1.75. The van der Waals surface area contributed by atoms with Gasteiger partial charge in [-0.1, -0.05) is 6.07 Å². The van der Waals surface area contributed by atoms with Crippen molar-refractivity contribution in [3.05, 3.63) is 189 Å². The highest BCUT2D eigenvalue weighted by Gasteiger charge is 2.30. The molecular formula is C63H46F2N12O10S2. The first-order valence-electron chi connectivity index (χ1n) is 27.2. The molecule has 2 N–H and O–H groups in total. The van der Waals surface area contributed by atoms with E-state index in [1.807, 2.05) is 0 Å². The molecule has 14 rings (SSSR count). The molecule has 0 radical (unpaired) electrons.